The van der Waals surface area contributed by atoms with Crippen LogP contribution >= 0.6 is 0 Å². The van der Waals surface area contributed by atoms with E-state index in [-0.39, 0.29) is 24.8 Å². The Morgan fingerprint density at radius 2 is 2.04 bits per heavy atom. The molecule has 1 heterocycles. The van der Waals surface area contributed by atoms with Crippen LogP contribution in [0.2, 0.25) is 0 Å². The monoisotopic (exact) mass is 390 g/mol. The van der Waals surface area contributed by atoms with E-state index in [2.05, 4.69) is 20.1 Å². The molecule has 0 aromatic heterocycles. The minimum atomic E-state index is -4.80. The van der Waals surface area contributed by atoms with Gasteiger partial charge in [-0.25, -0.2) is 0 Å². The van der Waals surface area contributed by atoms with Crippen molar-refractivity contribution in [2.45, 2.75) is 31.3 Å². The number of alkyl halides is 3. The van der Waals surface area contributed by atoms with Crippen LogP contribution in [0.1, 0.15) is 24.4 Å². The Kier molecular flexibility index (Phi) is 7.43. The number of esters is 1. The van der Waals surface area contributed by atoms with Crippen LogP contribution in [-0.2, 0) is 19.1 Å². The summed E-state index contributed by atoms with van der Waals surface area (Å²) in [6.07, 6.45) is -4.81. The Hall–Kier alpha value is -2.33. The predicted molar refractivity (Wildman–Crippen MR) is 87.9 cm³/mol. The van der Waals surface area contributed by atoms with E-state index in [1.807, 2.05) is 0 Å². The lowest BCUT2D eigenvalue weighted by atomic mass is 10.0. The molecule has 1 aromatic carbocycles. The molecule has 2 rings (SSSR count). The highest BCUT2D eigenvalue weighted by atomic mass is 19.4. The van der Waals surface area contributed by atoms with Gasteiger partial charge in [0.25, 0.3) is 0 Å². The van der Waals surface area contributed by atoms with Gasteiger partial charge in [-0.05, 0) is 17.7 Å². The molecule has 0 aliphatic carbocycles. The van der Waals surface area contributed by atoms with Crippen molar-refractivity contribution in [3.63, 3.8) is 0 Å². The molecule has 1 saturated heterocycles. The fourth-order valence-electron chi connectivity index (χ4n) is 2.63. The molecule has 0 saturated carbocycles. The predicted octanol–water partition coefficient (Wildman–Crippen LogP) is 1.68. The van der Waals surface area contributed by atoms with Crippen molar-refractivity contribution in [2.75, 3.05) is 26.9 Å². The van der Waals surface area contributed by atoms with Crippen LogP contribution in [0.25, 0.3) is 0 Å². The van der Waals surface area contributed by atoms with E-state index in [1.54, 1.807) is 0 Å². The molecular formula is C17H21F3N2O5. The number of morpholine rings is 1. The zero-order valence-electron chi connectivity index (χ0n) is 14.7. The molecule has 27 heavy (non-hydrogen) atoms. The van der Waals surface area contributed by atoms with E-state index >= 15 is 0 Å². The van der Waals surface area contributed by atoms with E-state index in [4.69, 9.17) is 4.74 Å². The zero-order valence-corrected chi connectivity index (χ0v) is 14.7. The standard InChI is InChI=1S/C17H21F3N2O5/c1-25-16(24)9-14(22-15(23)8-12-10-26-7-6-21-12)11-2-4-13(5-3-11)27-17(18,19)20/h2-5,12,14,21H,6-10H2,1H3,(H,22,23). The molecule has 2 N–H and O–H groups in total. The van der Waals surface area contributed by atoms with Gasteiger partial charge in [0.2, 0.25) is 5.91 Å². The van der Waals surface area contributed by atoms with E-state index in [9.17, 15) is 22.8 Å². The molecular weight excluding hydrogens is 369 g/mol. The Morgan fingerprint density at radius 1 is 1.33 bits per heavy atom. The zero-order chi connectivity index (χ0) is 19.9. The third-order valence-corrected chi connectivity index (χ3v) is 3.88. The summed E-state index contributed by atoms with van der Waals surface area (Å²) in [6, 6.07) is 4.08. The fourth-order valence-corrected chi connectivity index (χ4v) is 2.63. The minimum Gasteiger partial charge on any atom is -0.469 e. The first kappa shape index (κ1) is 21.0. The third kappa shape index (κ3) is 7.43. The van der Waals surface area contributed by atoms with Gasteiger partial charge in [-0.3, -0.25) is 9.59 Å². The molecule has 0 spiro atoms. The van der Waals surface area contributed by atoms with E-state index in [1.165, 1.54) is 19.2 Å². The van der Waals surface area contributed by atoms with Gasteiger partial charge in [-0.15, -0.1) is 13.2 Å². The van der Waals surface area contributed by atoms with Crippen molar-refractivity contribution in [3.8, 4) is 5.75 Å². The second-order valence-electron chi connectivity index (χ2n) is 5.95. The van der Waals surface area contributed by atoms with Gasteiger partial charge >= 0.3 is 12.3 Å². The lowest BCUT2D eigenvalue weighted by molar-refractivity contribution is -0.274. The molecule has 1 aliphatic rings. The van der Waals surface area contributed by atoms with Crippen LogP contribution in [0.5, 0.6) is 5.75 Å². The molecule has 2 unspecified atom stereocenters. The molecule has 1 aliphatic heterocycles. The van der Waals surface area contributed by atoms with Crippen molar-refractivity contribution >= 4 is 11.9 Å². The summed E-state index contributed by atoms with van der Waals surface area (Å²) >= 11 is 0. The van der Waals surface area contributed by atoms with Crippen LogP contribution in [0.3, 0.4) is 0 Å². The summed E-state index contributed by atoms with van der Waals surface area (Å²) < 4.78 is 50.5. The van der Waals surface area contributed by atoms with Crippen molar-refractivity contribution in [1.29, 1.82) is 0 Å². The molecule has 1 amide bonds. The van der Waals surface area contributed by atoms with Gasteiger partial charge in [0.15, 0.2) is 0 Å². The number of carbonyl (C=O) groups excluding carboxylic acids is 2. The number of rotatable bonds is 7. The summed E-state index contributed by atoms with van der Waals surface area (Å²) in [5, 5.41) is 5.86. The molecule has 150 valence electrons. The number of carbonyl (C=O) groups is 2. The van der Waals surface area contributed by atoms with Crippen LogP contribution in [0.15, 0.2) is 24.3 Å². The molecule has 2 atom stereocenters. The van der Waals surface area contributed by atoms with Crippen molar-refractivity contribution in [3.05, 3.63) is 29.8 Å². The normalized spacial score (nSPS) is 18.4. The number of halogens is 3. The largest absolute Gasteiger partial charge is 0.573 e. The van der Waals surface area contributed by atoms with Crippen LogP contribution in [-0.4, -0.2) is 51.1 Å². The Labute approximate surface area is 154 Å². The maximum Gasteiger partial charge on any atom is 0.573 e. The van der Waals surface area contributed by atoms with Gasteiger partial charge in [-0.1, -0.05) is 12.1 Å². The first-order valence-electron chi connectivity index (χ1n) is 8.30. The lowest BCUT2D eigenvalue weighted by Gasteiger charge is -2.25. The van der Waals surface area contributed by atoms with Crippen LogP contribution in [0, 0.1) is 0 Å². The number of hydrogen-bond donors (Lipinski definition) is 2. The number of benzene rings is 1. The Bertz CT molecular complexity index is 630. The average molecular weight is 390 g/mol. The lowest BCUT2D eigenvalue weighted by Crippen LogP contribution is -2.44. The van der Waals surface area contributed by atoms with Crippen LogP contribution < -0.4 is 15.4 Å². The van der Waals surface area contributed by atoms with Gasteiger partial charge in [-0.2, -0.15) is 0 Å². The first-order chi connectivity index (χ1) is 12.8. The van der Waals surface area contributed by atoms with E-state index in [0.717, 1.165) is 12.1 Å². The summed E-state index contributed by atoms with van der Waals surface area (Å²) in [6.45, 7) is 1.62. The minimum absolute atomic E-state index is 0.139. The molecule has 0 bridgehead atoms. The first-order valence-corrected chi connectivity index (χ1v) is 8.30. The highest BCUT2D eigenvalue weighted by Gasteiger charge is 2.31. The van der Waals surface area contributed by atoms with Crippen molar-refractivity contribution in [2.24, 2.45) is 0 Å². The summed E-state index contributed by atoms with van der Waals surface area (Å²) in [5.74, 6) is -1.27. The SMILES string of the molecule is COC(=O)CC(NC(=O)CC1COCCN1)c1ccc(OC(F)(F)F)cc1. The second-order valence-corrected chi connectivity index (χ2v) is 5.95. The highest BCUT2D eigenvalue weighted by Crippen LogP contribution is 2.25. The van der Waals surface area contributed by atoms with Crippen molar-refractivity contribution in [1.82, 2.24) is 10.6 Å². The molecule has 10 heteroatoms. The number of hydrogen-bond acceptors (Lipinski definition) is 6. The average Bonchev–Trinajstić information content (AvgIpc) is 2.61. The van der Waals surface area contributed by atoms with Crippen LogP contribution in [0.4, 0.5) is 13.2 Å². The molecule has 7 nitrogen and oxygen atoms in total. The van der Waals surface area contributed by atoms with Gasteiger partial charge in [0.05, 0.1) is 32.8 Å². The Morgan fingerprint density at radius 3 is 2.59 bits per heavy atom. The van der Waals surface area contributed by atoms with E-state index in [0.29, 0.717) is 25.3 Å². The third-order valence-electron chi connectivity index (χ3n) is 3.88. The molecule has 1 fully saturated rings. The maximum absolute atomic E-state index is 12.3. The quantitative estimate of drug-likeness (QED) is 0.689. The topological polar surface area (TPSA) is 85.9 Å². The highest BCUT2D eigenvalue weighted by molar-refractivity contribution is 5.78. The number of nitrogens with one attached hydrogen (secondary N) is 2. The fraction of sp³-hybridized carbons (Fsp3) is 0.529. The Balaban J connectivity index is 2.04. The van der Waals surface area contributed by atoms with Gasteiger partial charge in [0.1, 0.15) is 5.75 Å². The smallest absolute Gasteiger partial charge is 0.469 e. The van der Waals surface area contributed by atoms with E-state index < -0.39 is 24.1 Å². The summed E-state index contributed by atoms with van der Waals surface area (Å²) in [7, 11) is 1.21. The maximum atomic E-state index is 12.3. The summed E-state index contributed by atoms with van der Waals surface area (Å²) in [4.78, 5) is 23.9. The van der Waals surface area contributed by atoms with Gasteiger partial charge in [0, 0.05) is 19.0 Å². The number of methoxy groups -OCH3 is 1. The summed E-state index contributed by atoms with van der Waals surface area (Å²) in [5.41, 5.74) is 0.455. The molecule has 0 radical (unpaired) electrons. The number of amides is 1. The molecule has 1 aromatic rings. The second kappa shape index (κ2) is 9.56. The number of ether oxygens (including phenoxy) is 3. The van der Waals surface area contributed by atoms with Gasteiger partial charge < -0.3 is 24.8 Å². The van der Waals surface area contributed by atoms with Crippen molar-refractivity contribution < 1.29 is 37.0 Å².